The standard InChI is InChI=1S/C10H9BrCl2O/c11-5-4-9(14)10-7(6-12)2-1-3-8(10)13/h1-3H,4-6H2. The van der Waals surface area contributed by atoms with Crippen molar-refractivity contribution in [2.24, 2.45) is 0 Å². The molecule has 0 heterocycles. The Morgan fingerprint density at radius 3 is 2.71 bits per heavy atom. The van der Waals surface area contributed by atoms with Gasteiger partial charge < -0.3 is 0 Å². The first-order chi connectivity index (χ1) is 6.70. The maximum absolute atomic E-state index is 11.7. The van der Waals surface area contributed by atoms with Crippen LogP contribution < -0.4 is 0 Å². The first-order valence-electron chi connectivity index (χ1n) is 4.13. The van der Waals surface area contributed by atoms with Crippen molar-refractivity contribution in [3.63, 3.8) is 0 Å². The minimum atomic E-state index is 0.0307. The van der Waals surface area contributed by atoms with Gasteiger partial charge in [-0.15, -0.1) is 11.6 Å². The van der Waals surface area contributed by atoms with Crippen LogP contribution in [0.2, 0.25) is 5.02 Å². The fourth-order valence-electron chi connectivity index (χ4n) is 1.20. The highest BCUT2D eigenvalue weighted by Gasteiger charge is 2.13. The molecule has 76 valence electrons. The third-order valence-corrected chi connectivity index (χ3v) is 2.84. The lowest BCUT2D eigenvalue weighted by Crippen LogP contribution is -2.04. The van der Waals surface area contributed by atoms with Crippen molar-refractivity contribution in [3.05, 3.63) is 34.3 Å². The van der Waals surface area contributed by atoms with Gasteiger partial charge in [0.1, 0.15) is 0 Å². The van der Waals surface area contributed by atoms with Gasteiger partial charge in [0.2, 0.25) is 0 Å². The summed E-state index contributed by atoms with van der Waals surface area (Å²) in [5.74, 6) is 0.340. The summed E-state index contributed by atoms with van der Waals surface area (Å²) in [5, 5.41) is 1.12. The molecule has 0 aliphatic rings. The summed E-state index contributed by atoms with van der Waals surface area (Å²) < 4.78 is 0. The topological polar surface area (TPSA) is 17.1 Å². The third-order valence-electron chi connectivity index (χ3n) is 1.84. The number of rotatable bonds is 4. The van der Waals surface area contributed by atoms with E-state index in [0.717, 1.165) is 5.56 Å². The minimum Gasteiger partial charge on any atom is -0.294 e. The fraction of sp³-hybridized carbons (Fsp3) is 0.300. The van der Waals surface area contributed by atoms with Crippen LogP contribution in [0.25, 0.3) is 0 Å². The summed E-state index contributed by atoms with van der Waals surface area (Å²) in [5.41, 5.74) is 1.36. The number of benzene rings is 1. The highest BCUT2D eigenvalue weighted by molar-refractivity contribution is 9.09. The molecule has 0 amide bonds. The summed E-state index contributed by atoms with van der Waals surface area (Å²) >= 11 is 14.9. The molecule has 4 heteroatoms. The van der Waals surface area contributed by atoms with Gasteiger partial charge in [0.15, 0.2) is 5.78 Å². The zero-order valence-electron chi connectivity index (χ0n) is 7.40. The van der Waals surface area contributed by atoms with Crippen molar-refractivity contribution >= 4 is 44.9 Å². The van der Waals surface area contributed by atoms with Crippen LogP contribution in [0.5, 0.6) is 0 Å². The SMILES string of the molecule is O=C(CCBr)c1c(Cl)cccc1CCl. The predicted octanol–water partition coefficient (Wildman–Crippen LogP) is 4.05. The minimum absolute atomic E-state index is 0.0307. The van der Waals surface area contributed by atoms with Crippen LogP contribution >= 0.6 is 39.1 Å². The molecule has 0 saturated carbocycles. The number of alkyl halides is 2. The molecule has 0 aliphatic carbocycles. The van der Waals surface area contributed by atoms with E-state index in [0.29, 0.717) is 28.2 Å². The van der Waals surface area contributed by atoms with E-state index in [2.05, 4.69) is 15.9 Å². The fourth-order valence-corrected chi connectivity index (χ4v) is 2.09. The zero-order chi connectivity index (χ0) is 10.6. The second-order valence-electron chi connectivity index (χ2n) is 2.77. The highest BCUT2D eigenvalue weighted by Crippen LogP contribution is 2.23. The molecule has 0 radical (unpaired) electrons. The number of halogens is 3. The molecule has 1 aromatic carbocycles. The average Bonchev–Trinajstić information content (AvgIpc) is 2.17. The summed E-state index contributed by atoms with van der Waals surface area (Å²) in [6.07, 6.45) is 0.438. The molecule has 0 N–H and O–H groups in total. The molecule has 0 unspecified atom stereocenters. The highest BCUT2D eigenvalue weighted by atomic mass is 79.9. The summed E-state index contributed by atoms with van der Waals surface area (Å²) in [4.78, 5) is 11.7. The van der Waals surface area contributed by atoms with Crippen molar-refractivity contribution in [2.45, 2.75) is 12.3 Å². The van der Waals surface area contributed by atoms with Crippen LogP contribution in [0.3, 0.4) is 0 Å². The molecule has 0 fully saturated rings. The van der Waals surface area contributed by atoms with Gasteiger partial charge in [-0.3, -0.25) is 4.79 Å². The lowest BCUT2D eigenvalue weighted by Gasteiger charge is -2.06. The average molecular weight is 296 g/mol. The number of hydrogen-bond donors (Lipinski definition) is 0. The van der Waals surface area contributed by atoms with E-state index in [-0.39, 0.29) is 5.78 Å². The zero-order valence-corrected chi connectivity index (χ0v) is 10.5. The molecular weight excluding hydrogens is 287 g/mol. The normalized spacial score (nSPS) is 10.2. The number of carbonyl (C=O) groups excluding carboxylic acids is 1. The number of hydrogen-bond acceptors (Lipinski definition) is 1. The monoisotopic (exact) mass is 294 g/mol. The molecule has 0 bridgehead atoms. The van der Waals surface area contributed by atoms with Crippen molar-refractivity contribution < 1.29 is 4.79 Å². The second kappa shape index (κ2) is 5.74. The number of carbonyl (C=O) groups is 1. The van der Waals surface area contributed by atoms with E-state index in [1.54, 1.807) is 12.1 Å². The van der Waals surface area contributed by atoms with E-state index in [1.165, 1.54) is 0 Å². The molecule has 0 saturated heterocycles. The van der Waals surface area contributed by atoms with Gasteiger partial charge in [-0.05, 0) is 11.6 Å². The molecule has 1 aromatic rings. The van der Waals surface area contributed by atoms with E-state index in [1.807, 2.05) is 6.07 Å². The quantitative estimate of drug-likeness (QED) is 0.605. The maximum Gasteiger partial charge on any atom is 0.165 e. The van der Waals surface area contributed by atoms with Gasteiger partial charge in [0, 0.05) is 23.2 Å². The Labute approximate surface area is 102 Å². The van der Waals surface area contributed by atoms with Crippen LogP contribution in [-0.4, -0.2) is 11.1 Å². The molecular formula is C10H9BrCl2O. The van der Waals surface area contributed by atoms with E-state index in [9.17, 15) is 4.79 Å². The Morgan fingerprint density at radius 1 is 1.43 bits per heavy atom. The second-order valence-corrected chi connectivity index (χ2v) is 4.24. The molecule has 0 aromatic heterocycles. The predicted molar refractivity (Wildman–Crippen MR) is 63.8 cm³/mol. The van der Waals surface area contributed by atoms with Crippen LogP contribution in [-0.2, 0) is 5.88 Å². The van der Waals surface area contributed by atoms with Crippen LogP contribution in [0.1, 0.15) is 22.3 Å². The van der Waals surface area contributed by atoms with Crippen molar-refractivity contribution in [1.82, 2.24) is 0 Å². The Balaban J connectivity index is 3.10. The Bertz CT molecular complexity index is 339. The first-order valence-corrected chi connectivity index (χ1v) is 6.16. The molecule has 14 heavy (non-hydrogen) atoms. The van der Waals surface area contributed by atoms with E-state index in [4.69, 9.17) is 23.2 Å². The smallest absolute Gasteiger partial charge is 0.165 e. The van der Waals surface area contributed by atoms with Gasteiger partial charge in [-0.2, -0.15) is 0 Å². The number of Topliss-reactive ketones (excluding diaryl/α,β-unsaturated/α-hetero) is 1. The van der Waals surface area contributed by atoms with Crippen molar-refractivity contribution in [3.8, 4) is 0 Å². The van der Waals surface area contributed by atoms with Gasteiger partial charge >= 0.3 is 0 Å². The van der Waals surface area contributed by atoms with E-state index < -0.39 is 0 Å². The van der Waals surface area contributed by atoms with Gasteiger partial charge in [0.25, 0.3) is 0 Å². The van der Waals surface area contributed by atoms with Crippen molar-refractivity contribution in [1.29, 1.82) is 0 Å². The van der Waals surface area contributed by atoms with Gasteiger partial charge in [-0.1, -0.05) is 39.7 Å². The van der Waals surface area contributed by atoms with Crippen LogP contribution in [0, 0.1) is 0 Å². The van der Waals surface area contributed by atoms with Crippen LogP contribution in [0.15, 0.2) is 18.2 Å². The Kier molecular flexibility index (Phi) is 4.93. The third kappa shape index (κ3) is 2.72. The van der Waals surface area contributed by atoms with Gasteiger partial charge in [-0.25, -0.2) is 0 Å². The summed E-state index contributed by atoms with van der Waals surface area (Å²) in [6, 6.07) is 5.32. The lowest BCUT2D eigenvalue weighted by atomic mass is 10.0. The molecule has 1 rings (SSSR count). The Hall–Kier alpha value is -0.0500. The van der Waals surface area contributed by atoms with Gasteiger partial charge in [0.05, 0.1) is 5.02 Å². The summed E-state index contributed by atoms with van der Waals surface area (Å²) in [7, 11) is 0. The molecule has 0 atom stereocenters. The van der Waals surface area contributed by atoms with Crippen molar-refractivity contribution in [2.75, 3.05) is 5.33 Å². The summed E-state index contributed by atoms with van der Waals surface area (Å²) in [6.45, 7) is 0. The molecule has 0 aliphatic heterocycles. The number of ketones is 1. The Morgan fingerprint density at radius 2 is 2.14 bits per heavy atom. The molecule has 1 nitrogen and oxygen atoms in total. The van der Waals surface area contributed by atoms with Crippen LogP contribution in [0.4, 0.5) is 0 Å². The largest absolute Gasteiger partial charge is 0.294 e. The first kappa shape index (κ1) is 12.0. The maximum atomic E-state index is 11.7. The molecule has 0 spiro atoms. The lowest BCUT2D eigenvalue weighted by molar-refractivity contribution is 0.0989. The van der Waals surface area contributed by atoms with E-state index >= 15 is 0 Å².